The van der Waals surface area contributed by atoms with Crippen molar-refractivity contribution < 1.29 is 14.3 Å². The van der Waals surface area contributed by atoms with Gasteiger partial charge in [-0.1, -0.05) is 18.7 Å². The molecule has 0 saturated carbocycles. The molecule has 0 aliphatic carbocycles. The van der Waals surface area contributed by atoms with Crippen LogP contribution in [0.5, 0.6) is 0 Å². The minimum Gasteiger partial charge on any atom is -0.481 e. The van der Waals surface area contributed by atoms with E-state index >= 15 is 0 Å². The van der Waals surface area contributed by atoms with E-state index in [0.717, 1.165) is 29.6 Å². The van der Waals surface area contributed by atoms with Crippen LogP contribution in [0.1, 0.15) is 18.2 Å². The zero-order valence-corrected chi connectivity index (χ0v) is 12.1. The molecule has 0 fully saturated rings. The van der Waals surface area contributed by atoms with Gasteiger partial charge in [0, 0.05) is 17.6 Å². The number of carbonyl (C=O) groups is 1. The second-order valence-electron chi connectivity index (χ2n) is 4.34. The van der Waals surface area contributed by atoms with Gasteiger partial charge in [-0.3, -0.25) is 9.36 Å². The molecule has 0 unspecified atom stereocenters. The van der Waals surface area contributed by atoms with E-state index in [1.807, 2.05) is 11.5 Å². The van der Waals surface area contributed by atoms with Crippen molar-refractivity contribution in [3.63, 3.8) is 0 Å². The number of halogens is 1. The lowest BCUT2D eigenvalue weighted by Crippen LogP contribution is -2.04. The SMILES string of the molecule is CCc1cnc(SCC(=O)O)n1-c1ccc(F)c(C)c1. The number of benzene rings is 1. The van der Waals surface area contributed by atoms with Crippen LogP contribution in [0, 0.1) is 12.7 Å². The lowest BCUT2D eigenvalue weighted by molar-refractivity contribution is -0.133. The number of nitrogens with zero attached hydrogens (tertiary/aromatic N) is 2. The molecule has 0 saturated heterocycles. The van der Waals surface area contributed by atoms with Gasteiger partial charge in [0.15, 0.2) is 5.16 Å². The van der Waals surface area contributed by atoms with Gasteiger partial charge in [0.05, 0.1) is 5.75 Å². The molecule has 2 rings (SSSR count). The van der Waals surface area contributed by atoms with Gasteiger partial charge in [-0.05, 0) is 37.1 Å². The molecule has 106 valence electrons. The third-order valence-corrected chi connectivity index (χ3v) is 3.83. The molecule has 0 aliphatic rings. The average molecular weight is 294 g/mol. The van der Waals surface area contributed by atoms with E-state index in [2.05, 4.69) is 4.98 Å². The number of hydrogen-bond donors (Lipinski definition) is 1. The van der Waals surface area contributed by atoms with Gasteiger partial charge in [0.25, 0.3) is 0 Å². The molecule has 1 aromatic heterocycles. The van der Waals surface area contributed by atoms with E-state index in [0.29, 0.717) is 10.7 Å². The predicted molar refractivity (Wildman–Crippen MR) is 76.0 cm³/mol. The van der Waals surface area contributed by atoms with Crippen molar-refractivity contribution in [2.45, 2.75) is 25.4 Å². The Morgan fingerprint density at radius 2 is 2.25 bits per heavy atom. The minimum atomic E-state index is -0.891. The number of aromatic nitrogens is 2. The van der Waals surface area contributed by atoms with E-state index in [4.69, 9.17) is 5.11 Å². The van der Waals surface area contributed by atoms with Gasteiger partial charge in [-0.15, -0.1) is 0 Å². The standard InChI is InChI=1S/C14H15FN2O2S/c1-3-10-7-16-14(20-8-13(18)19)17(10)11-4-5-12(15)9(2)6-11/h4-7H,3,8H2,1-2H3,(H,18,19). The molecule has 20 heavy (non-hydrogen) atoms. The van der Waals surface area contributed by atoms with E-state index in [-0.39, 0.29) is 11.6 Å². The third-order valence-electron chi connectivity index (χ3n) is 2.89. The quantitative estimate of drug-likeness (QED) is 0.861. The summed E-state index contributed by atoms with van der Waals surface area (Å²) < 4.78 is 15.2. The average Bonchev–Trinajstić information content (AvgIpc) is 2.82. The van der Waals surface area contributed by atoms with Crippen LogP contribution < -0.4 is 0 Å². The fourth-order valence-corrected chi connectivity index (χ4v) is 2.62. The zero-order valence-electron chi connectivity index (χ0n) is 11.3. The summed E-state index contributed by atoms with van der Waals surface area (Å²) >= 11 is 1.15. The maximum Gasteiger partial charge on any atom is 0.313 e. The molecule has 0 atom stereocenters. The van der Waals surface area contributed by atoms with E-state index in [9.17, 15) is 9.18 Å². The molecule has 2 aromatic rings. The van der Waals surface area contributed by atoms with Crippen LogP contribution in [0.4, 0.5) is 4.39 Å². The van der Waals surface area contributed by atoms with Gasteiger partial charge in [0.2, 0.25) is 0 Å². The Bertz CT molecular complexity index is 640. The van der Waals surface area contributed by atoms with Crippen molar-refractivity contribution in [2.75, 3.05) is 5.75 Å². The first-order chi connectivity index (χ1) is 9.52. The summed E-state index contributed by atoms with van der Waals surface area (Å²) in [5.74, 6) is -1.20. The summed E-state index contributed by atoms with van der Waals surface area (Å²) in [6, 6.07) is 4.82. The normalized spacial score (nSPS) is 10.8. The van der Waals surface area contributed by atoms with Crippen LogP contribution in [0.15, 0.2) is 29.6 Å². The molecule has 0 bridgehead atoms. The maximum absolute atomic E-state index is 13.4. The molecule has 1 N–H and O–H groups in total. The molecule has 1 aromatic carbocycles. The molecular weight excluding hydrogens is 279 g/mol. The molecule has 1 heterocycles. The summed E-state index contributed by atoms with van der Waals surface area (Å²) in [5.41, 5.74) is 2.31. The highest BCUT2D eigenvalue weighted by molar-refractivity contribution is 7.99. The van der Waals surface area contributed by atoms with Crippen LogP contribution >= 0.6 is 11.8 Å². The highest BCUT2D eigenvalue weighted by atomic mass is 32.2. The van der Waals surface area contributed by atoms with Crippen molar-refractivity contribution in [1.82, 2.24) is 9.55 Å². The Morgan fingerprint density at radius 1 is 1.50 bits per heavy atom. The first kappa shape index (κ1) is 14.6. The first-order valence-electron chi connectivity index (χ1n) is 6.20. The number of hydrogen-bond acceptors (Lipinski definition) is 3. The summed E-state index contributed by atoms with van der Waals surface area (Å²) in [7, 11) is 0. The maximum atomic E-state index is 13.4. The molecule has 0 amide bonds. The second-order valence-corrected chi connectivity index (χ2v) is 5.28. The monoisotopic (exact) mass is 294 g/mol. The Balaban J connectivity index is 2.44. The smallest absolute Gasteiger partial charge is 0.313 e. The Kier molecular flexibility index (Phi) is 4.44. The predicted octanol–water partition coefficient (Wildman–Crippen LogP) is 3.06. The van der Waals surface area contributed by atoms with Crippen molar-refractivity contribution in [2.24, 2.45) is 0 Å². The van der Waals surface area contributed by atoms with Crippen molar-refractivity contribution in [3.8, 4) is 5.69 Å². The van der Waals surface area contributed by atoms with E-state index in [1.54, 1.807) is 25.3 Å². The lowest BCUT2D eigenvalue weighted by atomic mass is 10.2. The fraction of sp³-hybridized carbons (Fsp3) is 0.286. The van der Waals surface area contributed by atoms with Crippen LogP contribution in [0.25, 0.3) is 5.69 Å². The van der Waals surface area contributed by atoms with Crippen LogP contribution in [0.2, 0.25) is 0 Å². The zero-order chi connectivity index (χ0) is 14.7. The number of imidazole rings is 1. The molecule has 4 nitrogen and oxygen atoms in total. The van der Waals surface area contributed by atoms with Crippen LogP contribution in [-0.2, 0) is 11.2 Å². The first-order valence-corrected chi connectivity index (χ1v) is 7.19. The van der Waals surface area contributed by atoms with Crippen molar-refractivity contribution in [1.29, 1.82) is 0 Å². The number of carboxylic acid groups (broad SMARTS) is 1. The highest BCUT2D eigenvalue weighted by Gasteiger charge is 2.13. The number of carboxylic acids is 1. The Labute approximate surface area is 120 Å². The van der Waals surface area contributed by atoms with Gasteiger partial charge < -0.3 is 5.11 Å². The van der Waals surface area contributed by atoms with Crippen LogP contribution in [0.3, 0.4) is 0 Å². The number of aliphatic carboxylic acids is 1. The van der Waals surface area contributed by atoms with Gasteiger partial charge in [-0.2, -0.15) is 0 Å². The Morgan fingerprint density at radius 3 is 2.85 bits per heavy atom. The number of rotatable bonds is 5. The Hall–Kier alpha value is -1.82. The summed E-state index contributed by atoms with van der Waals surface area (Å²) in [5, 5.41) is 9.38. The van der Waals surface area contributed by atoms with Gasteiger partial charge in [-0.25, -0.2) is 9.37 Å². The number of aryl methyl sites for hydroxylation is 2. The highest BCUT2D eigenvalue weighted by Crippen LogP contribution is 2.25. The summed E-state index contributed by atoms with van der Waals surface area (Å²) in [6.45, 7) is 3.70. The fourth-order valence-electron chi connectivity index (χ4n) is 1.89. The molecule has 6 heteroatoms. The number of thioether (sulfide) groups is 1. The van der Waals surface area contributed by atoms with Crippen LogP contribution in [-0.4, -0.2) is 26.4 Å². The molecule has 0 spiro atoms. The topological polar surface area (TPSA) is 55.1 Å². The van der Waals surface area contributed by atoms with Crippen molar-refractivity contribution >= 4 is 17.7 Å². The molecule has 0 radical (unpaired) electrons. The van der Waals surface area contributed by atoms with Gasteiger partial charge >= 0.3 is 5.97 Å². The third kappa shape index (κ3) is 3.01. The summed E-state index contributed by atoms with van der Waals surface area (Å²) in [4.78, 5) is 14.9. The van der Waals surface area contributed by atoms with E-state index in [1.165, 1.54) is 6.07 Å². The largest absolute Gasteiger partial charge is 0.481 e. The molecule has 0 aliphatic heterocycles. The second kappa shape index (κ2) is 6.09. The molecular formula is C14H15FN2O2S. The minimum absolute atomic E-state index is 0.0552. The lowest BCUT2D eigenvalue weighted by Gasteiger charge is -2.11. The van der Waals surface area contributed by atoms with Gasteiger partial charge in [0.1, 0.15) is 5.82 Å². The van der Waals surface area contributed by atoms with Crippen molar-refractivity contribution in [3.05, 3.63) is 41.5 Å². The van der Waals surface area contributed by atoms with E-state index < -0.39 is 5.97 Å². The summed E-state index contributed by atoms with van der Waals surface area (Å²) in [6.07, 6.45) is 2.49.